The first kappa shape index (κ1) is 29.6. The average Bonchev–Trinajstić information content (AvgIpc) is 3.35. The summed E-state index contributed by atoms with van der Waals surface area (Å²) in [6, 6.07) is 2.62. The van der Waals surface area contributed by atoms with Crippen molar-refractivity contribution in [1.29, 1.82) is 0 Å². The van der Waals surface area contributed by atoms with E-state index >= 15 is 0 Å². The molecule has 2 aromatic rings. The molecular weight excluding hydrogens is 525 g/mol. The highest BCUT2D eigenvalue weighted by Crippen LogP contribution is 2.36. The summed E-state index contributed by atoms with van der Waals surface area (Å²) in [5.41, 5.74) is -0.684. The van der Waals surface area contributed by atoms with Gasteiger partial charge >= 0.3 is 6.18 Å². The number of amides is 2. The number of Topliss-reactive ketones (excluding diaryl/α,β-unsaturated/α-hetero) is 1. The van der Waals surface area contributed by atoms with E-state index in [2.05, 4.69) is 20.6 Å². The number of H-pyrrole nitrogens is 1. The Morgan fingerprint density at radius 1 is 1.21 bits per heavy atom. The lowest BCUT2D eigenvalue weighted by Crippen LogP contribution is -2.36. The lowest BCUT2D eigenvalue weighted by molar-refractivity contribution is -0.137. The number of nitrogens with zero attached hydrogens (tertiary/aromatic N) is 1. The number of ether oxygens (including phenoxy) is 1. The summed E-state index contributed by atoms with van der Waals surface area (Å²) in [5, 5.41) is 5.35. The predicted octanol–water partition coefficient (Wildman–Crippen LogP) is 5.64. The zero-order valence-electron chi connectivity index (χ0n) is 21.3. The molecular formula is C26H32ClF3N4O4. The number of anilines is 1. The molecule has 0 spiro atoms. The van der Waals surface area contributed by atoms with Crippen LogP contribution in [0, 0.1) is 11.8 Å². The van der Waals surface area contributed by atoms with E-state index in [0.29, 0.717) is 31.8 Å². The van der Waals surface area contributed by atoms with Gasteiger partial charge in [0.2, 0.25) is 5.91 Å². The van der Waals surface area contributed by atoms with Gasteiger partial charge in [-0.15, -0.1) is 0 Å². The molecule has 2 amide bonds. The van der Waals surface area contributed by atoms with E-state index in [4.69, 9.17) is 16.3 Å². The van der Waals surface area contributed by atoms with Crippen molar-refractivity contribution in [2.75, 3.05) is 19.0 Å². The maximum atomic E-state index is 13.0. The average molecular weight is 557 g/mol. The quantitative estimate of drug-likeness (QED) is 0.310. The Hall–Kier alpha value is -2.92. The van der Waals surface area contributed by atoms with Crippen molar-refractivity contribution in [1.82, 2.24) is 15.3 Å². The molecule has 1 aromatic heterocycles. The van der Waals surface area contributed by atoms with Gasteiger partial charge < -0.3 is 20.4 Å². The Morgan fingerprint density at radius 2 is 1.92 bits per heavy atom. The molecule has 1 fully saturated rings. The van der Waals surface area contributed by atoms with Crippen LogP contribution in [-0.2, 0) is 15.7 Å². The zero-order valence-corrected chi connectivity index (χ0v) is 22.0. The number of ketones is 1. The fraction of sp³-hybridized carbons (Fsp3) is 0.538. The third kappa shape index (κ3) is 8.04. The second kappa shape index (κ2) is 13.2. The number of rotatable bonds is 11. The number of carbonyl (C=O) groups is 3. The lowest BCUT2D eigenvalue weighted by Gasteiger charge is -2.28. The summed E-state index contributed by atoms with van der Waals surface area (Å²) in [5.74, 6) is -0.964. The number of carbonyl (C=O) groups excluding carboxylic acids is 3. The molecule has 1 aliphatic rings. The second-order valence-electron chi connectivity index (χ2n) is 9.67. The van der Waals surface area contributed by atoms with E-state index in [1.165, 1.54) is 13.4 Å². The Bertz CT molecular complexity index is 1130. The van der Waals surface area contributed by atoms with Crippen molar-refractivity contribution >= 4 is 34.9 Å². The molecule has 1 heterocycles. The maximum absolute atomic E-state index is 13.0. The summed E-state index contributed by atoms with van der Waals surface area (Å²) < 4.78 is 44.0. The summed E-state index contributed by atoms with van der Waals surface area (Å²) in [4.78, 5) is 44.6. The number of aromatic nitrogens is 2. The van der Waals surface area contributed by atoms with Crippen LogP contribution in [0.1, 0.15) is 78.4 Å². The molecule has 1 atom stereocenters. The molecule has 0 bridgehead atoms. The van der Waals surface area contributed by atoms with Gasteiger partial charge in [-0.25, -0.2) is 4.98 Å². The van der Waals surface area contributed by atoms with E-state index in [1.807, 2.05) is 0 Å². The number of aromatic amines is 1. The van der Waals surface area contributed by atoms with Gasteiger partial charge in [0.15, 0.2) is 5.78 Å². The SMILES string of the molecule is COCC(C)NC(=O)c1[nH]cnc1C(=O)CCCC1CCC(C(=O)Nc2cc(C(F)(F)F)ccc2Cl)CC1. The number of hydrogen-bond acceptors (Lipinski definition) is 5. The summed E-state index contributed by atoms with van der Waals surface area (Å²) in [6.07, 6.45) is 1.19. The molecule has 3 N–H and O–H groups in total. The van der Waals surface area contributed by atoms with Gasteiger partial charge in [0.05, 0.1) is 29.2 Å². The molecule has 1 aliphatic carbocycles. The molecule has 0 aliphatic heterocycles. The van der Waals surface area contributed by atoms with Crippen LogP contribution in [0.3, 0.4) is 0 Å². The third-order valence-corrected chi connectivity index (χ3v) is 7.04. The van der Waals surface area contributed by atoms with Crippen LogP contribution in [0.25, 0.3) is 0 Å². The van der Waals surface area contributed by atoms with E-state index in [9.17, 15) is 27.6 Å². The zero-order chi connectivity index (χ0) is 27.9. The van der Waals surface area contributed by atoms with Crippen molar-refractivity contribution in [3.63, 3.8) is 0 Å². The van der Waals surface area contributed by atoms with E-state index < -0.39 is 17.6 Å². The lowest BCUT2D eigenvalue weighted by atomic mass is 9.79. The normalized spacial score (nSPS) is 18.6. The van der Waals surface area contributed by atoms with Gasteiger partial charge in [-0.2, -0.15) is 13.2 Å². The number of methoxy groups -OCH3 is 1. The fourth-order valence-electron chi connectivity index (χ4n) is 4.68. The second-order valence-corrected chi connectivity index (χ2v) is 10.1. The molecule has 0 saturated heterocycles. The highest BCUT2D eigenvalue weighted by molar-refractivity contribution is 6.33. The fourth-order valence-corrected chi connectivity index (χ4v) is 4.85. The highest BCUT2D eigenvalue weighted by Gasteiger charge is 2.32. The Kier molecular flexibility index (Phi) is 10.3. The smallest absolute Gasteiger partial charge is 0.383 e. The summed E-state index contributed by atoms with van der Waals surface area (Å²) in [6.45, 7) is 2.13. The third-order valence-electron chi connectivity index (χ3n) is 6.71. The van der Waals surface area contributed by atoms with Crippen LogP contribution >= 0.6 is 11.6 Å². The highest BCUT2D eigenvalue weighted by atomic mass is 35.5. The van der Waals surface area contributed by atoms with Crippen LogP contribution in [-0.4, -0.2) is 47.3 Å². The molecule has 1 saturated carbocycles. The molecule has 12 heteroatoms. The van der Waals surface area contributed by atoms with Gasteiger partial charge in [0, 0.05) is 25.5 Å². The first-order chi connectivity index (χ1) is 18.0. The first-order valence-electron chi connectivity index (χ1n) is 12.5. The van der Waals surface area contributed by atoms with E-state index in [1.54, 1.807) is 6.92 Å². The number of hydrogen-bond donors (Lipinski definition) is 3. The molecule has 208 valence electrons. The van der Waals surface area contributed by atoms with Gasteiger partial charge in [0.1, 0.15) is 11.4 Å². The first-order valence-corrected chi connectivity index (χ1v) is 12.9. The van der Waals surface area contributed by atoms with Crippen LogP contribution in [0.2, 0.25) is 5.02 Å². The minimum absolute atomic E-state index is 0.0479. The monoisotopic (exact) mass is 556 g/mol. The number of alkyl halides is 3. The molecule has 1 aromatic carbocycles. The van der Waals surface area contributed by atoms with Gasteiger partial charge in [-0.3, -0.25) is 14.4 Å². The minimum atomic E-state index is -4.53. The van der Waals surface area contributed by atoms with Crippen molar-refractivity contribution in [2.24, 2.45) is 11.8 Å². The Balaban J connectivity index is 1.44. The Morgan fingerprint density at radius 3 is 2.58 bits per heavy atom. The van der Waals surface area contributed by atoms with Gasteiger partial charge in [-0.1, -0.05) is 18.0 Å². The van der Waals surface area contributed by atoms with Crippen molar-refractivity contribution < 1.29 is 32.3 Å². The largest absolute Gasteiger partial charge is 0.416 e. The molecule has 1 unspecified atom stereocenters. The van der Waals surface area contributed by atoms with Crippen molar-refractivity contribution in [3.05, 3.63) is 46.5 Å². The number of benzene rings is 1. The summed E-state index contributed by atoms with van der Waals surface area (Å²) in [7, 11) is 1.53. The van der Waals surface area contributed by atoms with Crippen molar-refractivity contribution in [3.8, 4) is 0 Å². The minimum Gasteiger partial charge on any atom is -0.383 e. The van der Waals surface area contributed by atoms with Gasteiger partial charge in [0.25, 0.3) is 5.91 Å². The van der Waals surface area contributed by atoms with Crippen LogP contribution in [0.15, 0.2) is 24.5 Å². The Labute approximate surface area is 224 Å². The van der Waals surface area contributed by atoms with Crippen molar-refractivity contribution in [2.45, 2.75) is 64.1 Å². The summed E-state index contributed by atoms with van der Waals surface area (Å²) >= 11 is 5.99. The number of halogens is 4. The predicted molar refractivity (Wildman–Crippen MR) is 136 cm³/mol. The van der Waals surface area contributed by atoms with Crippen LogP contribution < -0.4 is 10.6 Å². The maximum Gasteiger partial charge on any atom is 0.416 e. The topological polar surface area (TPSA) is 113 Å². The number of nitrogens with one attached hydrogen (secondary N) is 3. The molecule has 3 rings (SSSR count). The van der Waals surface area contributed by atoms with E-state index in [-0.39, 0.29) is 52.2 Å². The van der Waals surface area contributed by atoms with Crippen LogP contribution in [0.5, 0.6) is 0 Å². The van der Waals surface area contributed by atoms with E-state index in [0.717, 1.165) is 37.5 Å². The number of imidazole rings is 1. The van der Waals surface area contributed by atoms with Gasteiger partial charge in [-0.05, 0) is 63.1 Å². The molecule has 38 heavy (non-hydrogen) atoms. The molecule has 8 nitrogen and oxygen atoms in total. The standard InChI is InChI=1S/C26H32ClF3N4O4/c1-15(13-38-2)33-25(37)23-22(31-14-32-23)21(35)5-3-4-16-6-8-17(9-7-16)24(36)34-20-12-18(26(28,29)30)10-11-19(20)27/h10-12,14-17H,3-9,13H2,1-2H3,(H,31,32)(H,33,37)(H,34,36). The molecule has 0 radical (unpaired) electrons. The van der Waals surface area contributed by atoms with Crippen LogP contribution in [0.4, 0.5) is 18.9 Å².